The lowest BCUT2D eigenvalue weighted by Crippen LogP contribution is -2.11. The van der Waals surface area contributed by atoms with Crippen LogP contribution in [0.15, 0.2) is 168 Å². The van der Waals surface area contributed by atoms with Gasteiger partial charge in [-0.05, 0) is 72.1 Å². The summed E-state index contributed by atoms with van der Waals surface area (Å²) in [6.45, 7) is 0. The quantitative estimate of drug-likeness (QED) is 0.204. The zero-order chi connectivity index (χ0) is 29.7. The molecule has 9 aromatic rings. The fourth-order valence-electron chi connectivity index (χ4n) is 6.66. The van der Waals surface area contributed by atoms with Crippen molar-refractivity contribution >= 4 is 60.7 Å². The van der Waals surface area contributed by atoms with Gasteiger partial charge in [0.25, 0.3) is 0 Å². The molecule has 0 aliphatic heterocycles. The molecule has 0 spiro atoms. The van der Waals surface area contributed by atoms with Crippen molar-refractivity contribution in [3.8, 4) is 17.1 Å². The minimum Gasteiger partial charge on any atom is -0.436 e. The molecule has 0 saturated carbocycles. The van der Waals surface area contributed by atoms with Gasteiger partial charge in [-0.2, -0.15) is 0 Å². The van der Waals surface area contributed by atoms with Crippen molar-refractivity contribution in [3.63, 3.8) is 0 Å². The van der Waals surface area contributed by atoms with Gasteiger partial charge in [0.2, 0.25) is 5.89 Å². The van der Waals surface area contributed by atoms with Crippen LogP contribution in [0.3, 0.4) is 0 Å². The largest absolute Gasteiger partial charge is 0.436 e. The second kappa shape index (κ2) is 10.2. The Hall–Kier alpha value is -6.13. The summed E-state index contributed by atoms with van der Waals surface area (Å²) in [5.41, 5.74) is 9.23. The third-order valence-corrected chi connectivity index (χ3v) is 8.59. The van der Waals surface area contributed by atoms with Crippen LogP contribution in [0.2, 0.25) is 0 Å². The van der Waals surface area contributed by atoms with Gasteiger partial charge < -0.3 is 13.9 Å². The second-order valence-electron chi connectivity index (χ2n) is 11.2. The molecule has 0 N–H and O–H groups in total. The highest BCUT2D eigenvalue weighted by Crippen LogP contribution is 2.46. The fourth-order valence-corrected chi connectivity index (χ4v) is 6.66. The van der Waals surface area contributed by atoms with E-state index in [0.29, 0.717) is 5.89 Å². The lowest BCUT2D eigenvalue weighted by Gasteiger charge is -2.27. The maximum atomic E-state index is 6.36. The van der Waals surface area contributed by atoms with Gasteiger partial charge in [-0.3, -0.25) is 0 Å². The molecule has 0 amide bonds. The lowest BCUT2D eigenvalue weighted by atomic mass is 10.0. The Kier molecular flexibility index (Phi) is 5.78. The van der Waals surface area contributed by atoms with Crippen molar-refractivity contribution in [2.75, 3.05) is 4.90 Å². The summed E-state index contributed by atoms with van der Waals surface area (Å²) in [5.74, 6) is 0.618. The summed E-state index contributed by atoms with van der Waals surface area (Å²) in [7, 11) is 0. The number of rotatable bonds is 5. The third kappa shape index (κ3) is 4.04. The van der Waals surface area contributed by atoms with Crippen LogP contribution in [0.5, 0.6) is 0 Å². The number of aromatic nitrogens is 2. The van der Waals surface area contributed by atoms with Crippen LogP contribution in [-0.2, 0) is 0 Å². The number of benzene rings is 7. The van der Waals surface area contributed by atoms with Crippen molar-refractivity contribution < 1.29 is 4.42 Å². The van der Waals surface area contributed by atoms with E-state index >= 15 is 0 Å². The van der Waals surface area contributed by atoms with E-state index in [1.807, 2.05) is 36.4 Å². The standard InChI is InChI=1S/C41H27N3O/c1-4-14-29(15-5-1)41-42-40-37(45-41)27-26-28-16-12-23-34(38(28)40)44(31-19-8-3-9-20-31)36-25-13-24-35-39(36)32-21-10-11-22-33(32)43(35)30-17-6-2-7-18-30/h1-27H. The molecule has 2 heterocycles. The first-order valence-corrected chi connectivity index (χ1v) is 15.2. The summed E-state index contributed by atoms with van der Waals surface area (Å²) in [4.78, 5) is 7.48. The van der Waals surface area contributed by atoms with Crippen LogP contribution in [0, 0.1) is 0 Å². The summed E-state index contributed by atoms with van der Waals surface area (Å²) in [6.07, 6.45) is 0. The first-order valence-electron chi connectivity index (χ1n) is 15.2. The Morgan fingerprint density at radius 1 is 0.511 bits per heavy atom. The molecule has 0 aliphatic carbocycles. The van der Waals surface area contributed by atoms with Gasteiger partial charge in [0.05, 0.1) is 22.4 Å². The molecule has 0 radical (unpaired) electrons. The number of hydrogen-bond donors (Lipinski definition) is 0. The van der Waals surface area contributed by atoms with Crippen LogP contribution in [0.25, 0.3) is 60.8 Å². The molecule has 0 unspecified atom stereocenters. The average molecular weight is 578 g/mol. The highest BCUT2D eigenvalue weighted by atomic mass is 16.3. The maximum Gasteiger partial charge on any atom is 0.227 e. The first-order chi connectivity index (χ1) is 22.3. The summed E-state index contributed by atoms with van der Waals surface area (Å²) in [5, 5.41) is 4.54. The van der Waals surface area contributed by atoms with E-state index in [9.17, 15) is 0 Å². The van der Waals surface area contributed by atoms with E-state index in [1.54, 1.807) is 0 Å². The van der Waals surface area contributed by atoms with Crippen LogP contribution in [-0.4, -0.2) is 9.55 Å². The molecule has 0 saturated heterocycles. The number of hydrogen-bond acceptors (Lipinski definition) is 3. The van der Waals surface area contributed by atoms with Crippen molar-refractivity contribution in [2.24, 2.45) is 0 Å². The first kappa shape index (κ1) is 25.4. The molecule has 4 heteroatoms. The average Bonchev–Trinajstić information content (AvgIpc) is 3.70. The molecule has 0 atom stereocenters. The van der Waals surface area contributed by atoms with Crippen molar-refractivity contribution in [1.82, 2.24) is 9.55 Å². The van der Waals surface area contributed by atoms with E-state index in [0.717, 1.165) is 55.7 Å². The zero-order valence-corrected chi connectivity index (χ0v) is 24.3. The molecular formula is C41H27N3O. The highest BCUT2D eigenvalue weighted by molar-refractivity contribution is 6.19. The molecule has 212 valence electrons. The molecule has 2 aromatic heterocycles. The summed E-state index contributed by atoms with van der Waals surface area (Å²) < 4.78 is 8.72. The van der Waals surface area contributed by atoms with E-state index in [2.05, 4.69) is 137 Å². The van der Waals surface area contributed by atoms with Crippen molar-refractivity contribution in [3.05, 3.63) is 164 Å². The molecule has 0 fully saturated rings. The SMILES string of the molecule is c1ccc(-c2nc3c(ccc4cccc(N(c5ccccc5)c5cccc6c5c5ccccc5n6-c5ccccc5)c43)o2)cc1. The van der Waals surface area contributed by atoms with Gasteiger partial charge in [-0.15, -0.1) is 0 Å². The Labute approximate surface area is 260 Å². The van der Waals surface area contributed by atoms with E-state index in [4.69, 9.17) is 9.40 Å². The monoisotopic (exact) mass is 577 g/mol. The highest BCUT2D eigenvalue weighted by Gasteiger charge is 2.23. The topological polar surface area (TPSA) is 34.2 Å². The smallest absolute Gasteiger partial charge is 0.227 e. The Morgan fingerprint density at radius 3 is 1.96 bits per heavy atom. The van der Waals surface area contributed by atoms with Crippen molar-refractivity contribution in [2.45, 2.75) is 0 Å². The zero-order valence-electron chi connectivity index (χ0n) is 24.3. The normalized spacial score (nSPS) is 11.6. The van der Waals surface area contributed by atoms with Gasteiger partial charge in [-0.25, -0.2) is 4.98 Å². The van der Waals surface area contributed by atoms with Crippen molar-refractivity contribution in [1.29, 1.82) is 0 Å². The molecule has 0 aliphatic rings. The molecular weight excluding hydrogens is 550 g/mol. The molecule has 7 aromatic carbocycles. The minimum atomic E-state index is 0.618. The van der Waals surface area contributed by atoms with Gasteiger partial charge in [-0.1, -0.05) is 97.1 Å². The Balaban J connectivity index is 1.38. The Morgan fingerprint density at radius 2 is 1.16 bits per heavy atom. The fraction of sp³-hybridized carbons (Fsp3) is 0. The number of fused-ring (bicyclic) bond motifs is 6. The molecule has 0 bridgehead atoms. The summed E-state index contributed by atoms with van der Waals surface area (Å²) >= 11 is 0. The molecule has 45 heavy (non-hydrogen) atoms. The van der Waals surface area contributed by atoms with Crippen LogP contribution in [0.4, 0.5) is 17.1 Å². The number of nitrogens with zero attached hydrogens (tertiary/aromatic N) is 3. The Bertz CT molecular complexity index is 2480. The van der Waals surface area contributed by atoms with E-state index in [1.165, 1.54) is 16.3 Å². The minimum absolute atomic E-state index is 0.618. The van der Waals surface area contributed by atoms with Gasteiger partial charge in [0.15, 0.2) is 5.58 Å². The number of anilines is 3. The van der Waals surface area contributed by atoms with E-state index in [-0.39, 0.29) is 0 Å². The van der Waals surface area contributed by atoms with Crippen LogP contribution >= 0.6 is 0 Å². The molecule has 4 nitrogen and oxygen atoms in total. The number of para-hydroxylation sites is 3. The van der Waals surface area contributed by atoms with Crippen LogP contribution in [0.1, 0.15) is 0 Å². The van der Waals surface area contributed by atoms with E-state index < -0.39 is 0 Å². The third-order valence-electron chi connectivity index (χ3n) is 8.59. The lowest BCUT2D eigenvalue weighted by molar-refractivity contribution is 0.620. The second-order valence-corrected chi connectivity index (χ2v) is 11.2. The maximum absolute atomic E-state index is 6.36. The molecule has 9 rings (SSSR count). The summed E-state index contributed by atoms with van der Waals surface area (Å²) in [6, 6.07) is 57.2. The van der Waals surface area contributed by atoms with Gasteiger partial charge >= 0.3 is 0 Å². The van der Waals surface area contributed by atoms with Gasteiger partial charge in [0, 0.05) is 33.1 Å². The number of oxazole rings is 1. The van der Waals surface area contributed by atoms with Crippen LogP contribution < -0.4 is 4.90 Å². The predicted molar refractivity (Wildman–Crippen MR) is 186 cm³/mol. The van der Waals surface area contributed by atoms with Gasteiger partial charge in [0.1, 0.15) is 5.52 Å². The predicted octanol–water partition coefficient (Wildman–Crippen LogP) is 11.2.